The molecule has 5 N–H and O–H groups in total. The summed E-state index contributed by atoms with van der Waals surface area (Å²) in [7, 11) is 0. The van der Waals surface area contributed by atoms with Gasteiger partial charge in [-0.25, -0.2) is 9.37 Å². The van der Waals surface area contributed by atoms with Gasteiger partial charge in [0.1, 0.15) is 18.0 Å². The third-order valence-electron chi connectivity index (χ3n) is 9.21. The maximum Gasteiger partial charge on any atom is 0.226 e. The lowest BCUT2D eigenvalue weighted by Gasteiger charge is -2.26. The highest BCUT2D eigenvalue weighted by Crippen LogP contribution is 2.35. The van der Waals surface area contributed by atoms with Crippen LogP contribution < -0.4 is 16.0 Å². The molecule has 5 atom stereocenters. The minimum absolute atomic E-state index is 0.0980. The number of imidazole rings is 1. The van der Waals surface area contributed by atoms with Gasteiger partial charge in [0.15, 0.2) is 17.0 Å². The van der Waals surface area contributed by atoms with Crippen LogP contribution in [0.4, 0.5) is 16.2 Å². The first-order valence-corrected chi connectivity index (χ1v) is 16.3. The van der Waals surface area contributed by atoms with Crippen molar-refractivity contribution < 1.29 is 19.4 Å². The molecule has 3 heterocycles. The fraction of sp³-hybridized carbons (Fsp3) is 0.471. The van der Waals surface area contributed by atoms with Gasteiger partial charge in [0.2, 0.25) is 11.9 Å². The zero-order valence-corrected chi connectivity index (χ0v) is 26.1. The van der Waals surface area contributed by atoms with Gasteiger partial charge in [-0.05, 0) is 55.6 Å². The molecule has 1 amide bonds. The Morgan fingerprint density at radius 3 is 2.46 bits per heavy atom. The van der Waals surface area contributed by atoms with E-state index >= 15 is 0 Å². The number of piperidine rings is 1. The lowest BCUT2D eigenvalue weighted by molar-refractivity contribution is -0.122. The summed E-state index contributed by atoms with van der Waals surface area (Å²) in [6.45, 7) is 5.91. The number of fused-ring (bicyclic) bond motifs is 1. The van der Waals surface area contributed by atoms with Crippen LogP contribution in [0.5, 0.6) is 0 Å². The van der Waals surface area contributed by atoms with E-state index in [1.807, 2.05) is 30.3 Å². The van der Waals surface area contributed by atoms with Crippen molar-refractivity contribution in [2.75, 3.05) is 43.4 Å². The van der Waals surface area contributed by atoms with Crippen molar-refractivity contribution in [1.29, 1.82) is 0 Å². The quantitative estimate of drug-likeness (QED) is 0.159. The average Bonchev–Trinajstić information content (AvgIpc) is 3.62. The van der Waals surface area contributed by atoms with Crippen molar-refractivity contribution in [3.63, 3.8) is 0 Å². The lowest BCUT2D eigenvalue weighted by atomic mass is 9.91. The number of amides is 1. The number of halogens is 1. The molecule has 4 aromatic rings. The molecule has 1 aliphatic carbocycles. The first-order chi connectivity index (χ1) is 22.4. The van der Waals surface area contributed by atoms with Crippen molar-refractivity contribution in [2.45, 2.75) is 69.2 Å². The molecule has 0 radical (unpaired) electrons. The Morgan fingerprint density at radius 1 is 0.978 bits per heavy atom. The molecule has 1 aliphatic heterocycles. The molecule has 2 fully saturated rings. The van der Waals surface area contributed by atoms with Crippen LogP contribution >= 0.6 is 0 Å². The number of nitrogens with one attached hydrogen (secondary N) is 3. The summed E-state index contributed by atoms with van der Waals surface area (Å²) >= 11 is 0. The summed E-state index contributed by atoms with van der Waals surface area (Å²) < 4.78 is 15.6. The van der Waals surface area contributed by atoms with Gasteiger partial charge in [-0.2, -0.15) is 9.97 Å². The predicted molar refractivity (Wildman–Crippen MR) is 175 cm³/mol. The normalized spacial score (nSPS) is 22.5. The lowest BCUT2D eigenvalue weighted by Crippen LogP contribution is -2.42. The van der Waals surface area contributed by atoms with Crippen molar-refractivity contribution in [1.82, 2.24) is 29.7 Å². The number of carbonyl (C=O) groups excluding carboxylic acids is 1. The average molecular weight is 631 g/mol. The van der Waals surface area contributed by atoms with Crippen LogP contribution in [0.15, 0.2) is 60.9 Å². The van der Waals surface area contributed by atoms with E-state index in [9.17, 15) is 19.4 Å². The topological polar surface area (TPSA) is 140 Å². The maximum absolute atomic E-state index is 13.8. The Hall–Kier alpha value is -4.13. The molecule has 1 saturated heterocycles. The minimum Gasteiger partial charge on any atom is -0.388 e. The molecule has 6 rings (SSSR count). The van der Waals surface area contributed by atoms with E-state index in [-0.39, 0.29) is 24.1 Å². The van der Waals surface area contributed by atoms with Crippen molar-refractivity contribution in [3.8, 4) is 0 Å². The summed E-state index contributed by atoms with van der Waals surface area (Å²) in [5, 5.41) is 31.6. The monoisotopic (exact) mass is 630 g/mol. The Balaban J connectivity index is 1.30. The van der Waals surface area contributed by atoms with Crippen LogP contribution in [0, 0.1) is 5.82 Å². The molecular weight excluding hydrogens is 587 g/mol. The smallest absolute Gasteiger partial charge is 0.226 e. The van der Waals surface area contributed by atoms with Gasteiger partial charge in [0.25, 0.3) is 0 Å². The Kier molecular flexibility index (Phi) is 10.1. The molecule has 2 aromatic heterocycles. The maximum atomic E-state index is 13.8. The Bertz CT molecular complexity index is 1600. The van der Waals surface area contributed by atoms with Crippen molar-refractivity contribution in [3.05, 3.63) is 77.9 Å². The van der Waals surface area contributed by atoms with Gasteiger partial charge in [-0.3, -0.25) is 4.79 Å². The highest BCUT2D eigenvalue weighted by atomic mass is 19.1. The van der Waals surface area contributed by atoms with Crippen molar-refractivity contribution in [2.24, 2.45) is 0 Å². The molecule has 0 spiro atoms. The van der Waals surface area contributed by atoms with Crippen LogP contribution in [0.25, 0.3) is 11.2 Å². The van der Waals surface area contributed by atoms with Crippen LogP contribution in [0.1, 0.15) is 62.1 Å². The minimum atomic E-state index is -1.12. The zero-order chi connectivity index (χ0) is 32.0. The number of hydrogen-bond acceptors (Lipinski definition) is 9. The molecule has 2 aromatic carbocycles. The molecule has 1 unspecified atom stereocenters. The zero-order valence-electron chi connectivity index (χ0n) is 26.1. The fourth-order valence-electron chi connectivity index (χ4n) is 6.61. The third-order valence-corrected chi connectivity index (χ3v) is 9.21. The highest BCUT2D eigenvalue weighted by Gasteiger charge is 2.43. The third kappa shape index (κ3) is 7.14. The molecule has 1 saturated carbocycles. The molecule has 2 aliphatic rings. The van der Waals surface area contributed by atoms with E-state index < -0.39 is 24.3 Å². The number of rotatable bonds is 12. The van der Waals surface area contributed by atoms with Gasteiger partial charge >= 0.3 is 0 Å². The molecule has 46 heavy (non-hydrogen) atoms. The molecule has 0 bridgehead atoms. The van der Waals surface area contributed by atoms with Gasteiger partial charge in [0.05, 0.1) is 18.4 Å². The summed E-state index contributed by atoms with van der Waals surface area (Å²) in [4.78, 5) is 28.9. The first-order valence-electron chi connectivity index (χ1n) is 16.3. The number of benzene rings is 2. The number of carbonyl (C=O) groups is 1. The number of nitrogens with zero attached hydrogens (tertiary/aromatic N) is 5. The summed E-state index contributed by atoms with van der Waals surface area (Å²) in [6, 6.07) is 15.4. The number of anilines is 2. The van der Waals surface area contributed by atoms with Crippen molar-refractivity contribution >= 4 is 28.8 Å². The second-order valence-electron chi connectivity index (χ2n) is 12.3. The summed E-state index contributed by atoms with van der Waals surface area (Å²) in [5.41, 5.74) is 3.06. The standard InChI is InChI=1S/C34H43FN8O3/c1-2-28(44)39-26-19-27(31(46)30(26)45)43-21-38-29-32(40-34(41-33(29)43)36-15-18-42-16-7-4-8-17-42)37-20-25(22-9-5-3-6-10-22)23-11-13-24(35)14-12-23/h3,5-6,9-14,21,25-27,30-31,45-46H,2,4,7-8,15-20H2,1H3,(H,39,44)(H2,36,37,40,41)/t25?,26-,27+,30+,31-/m0/s1. The van der Waals surface area contributed by atoms with Gasteiger partial charge < -0.3 is 35.6 Å². The van der Waals surface area contributed by atoms with Gasteiger partial charge in [-0.15, -0.1) is 0 Å². The fourth-order valence-corrected chi connectivity index (χ4v) is 6.61. The van der Waals surface area contributed by atoms with Gasteiger partial charge in [-0.1, -0.05) is 55.8 Å². The largest absolute Gasteiger partial charge is 0.388 e. The summed E-state index contributed by atoms with van der Waals surface area (Å²) in [5.74, 6) is 0.379. The van der Waals surface area contributed by atoms with E-state index in [2.05, 4.69) is 25.8 Å². The second-order valence-corrected chi connectivity index (χ2v) is 12.3. The van der Waals surface area contributed by atoms with Crippen LogP contribution in [-0.4, -0.2) is 91.5 Å². The number of hydrogen-bond donors (Lipinski definition) is 5. The van der Waals surface area contributed by atoms with E-state index in [0.29, 0.717) is 42.4 Å². The van der Waals surface area contributed by atoms with E-state index in [4.69, 9.17) is 9.97 Å². The molecule has 12 heteroatoms. The molecule has 244 valence electrons. The first kappa shape index (κ1) is 31.8. The van der Waals surface area contributed by atoms with E-state index in [0.717, 1.165) is 30.8 Å². The number of aliphatic hydroxyl groups excluding tert-OH is 2. The van der Waals surface area contributed by atoms with E-state index in [1.165, 1.54) is 31.4 Å². The Labute approximate surface area is 268 Å². The highest BCUT2D eigenvalue weighted by molar-refractivity contribution is 5.84. The molecule has 11 nitrogen and oxygen atoms in total. The van der Waals surface area contributed by atoms with Gasteiger partial charge in [0, 0.05) is 32.0 Å². The number of likely N-dealkylation sites (tertiary alicyclic amines) is 1. The van der Waals surface area contributed by atoms with Crippen LogP contribution in [-0.2, 0) is 4.79 Å². The summed E-state index contributed by atoms with van der Waals surface area (Å²) in [6.07, 6.45) is 3.67. The molecular formula is C34H43FN8O3. The number of aliphatic hydroxyl groups is 2. The van der Waals surface area contributed by atoms with Crippen LogP contribution in [0.2, 0.25) is 0 Å². The second kappa shape index (κ2) is 14.5. The predicted octanol–water partition coefficient (Wildman–Crippen LogP) is 3.67. The van der Waals surface area contributed by atoms with E-state index in [1.54, 1.807) is 30.0 Å². The SMILES string of the molecule is CCC(=O)N[C@H]1C[C@@H](n2cnc3c(NCC(c4ccccc4)c4ccc(F)cc4)nc(NCCN4CCCCC4)nc32)[C@H](O)[C@@H]1O. The number of aromatic nitrogens is 4. The van der Waals surface area contributed by atoms with Crippen LogP contribution in [0.3, 0.4) is 0 Å². The Morgan fingerprint density at radius 2 is 1.72 bits per heavy atom.